The average Bonchev–Trinajstić information content (AvgIpc) is 2.58. The molecule has 0 rings (SSSR count). The van der Waals surface area contributed by atoms with Gasteiger partial charge in [0.2, 0.25) is 0 Å². The topological polar surface area (TPSA) is 43.4 Å². The summed E-state index contributed by atoms with van der Waals surface area (Å²) in [7, 11) is 0. The lowest BCUT2D eigenvalue weighted by Crippen LogP contribution is -2.10. The Morgan fingerprint density at radius 2 is 1.08 bits per heavy atom. The van der Waals surface area contributed by atoms with Gasteiger partial charge in [0.25, 0.3) is 0 Å². The zero-order valence-corrected chi connectivity index (χ0v) is 16.5. The van der Waals surface area contributed by atoms with Crippen molar-refractivity contribution < 1.29 is 14.3 Å². The fraction of sp³-hybridized carbons (Fsp3) is 0.818. The Morgan fingerprint density at radius 3 is 1.48 bits per heavy atom. The minimum atomic E-state index is -0.499. The van der Waals surface area contributed by atoms with Crippen LogP contribution in [0.3, 0.4) is 0 Å². The molecule has 0 radical (unpaired) electrons. The van der Waals surface area contributed by atoms with Gasteiger partial charge in [0.15, 0.2) is 0 Å². The van der Waals surface area contributed by atoms with E-state index in [1.807, 2.05) is 0 Å². The van der Waals surface area contributed by atoms with Crippen molar-refractivity contribution in [3.63, 3.8) is 0 Å². The smallest absolute Gasteiger partial charge is 0.317 e. The Morgan fingerprint density at radius 1 is 0.680 bits per heavy atom. The van der Waals surface area contributed by atoms with E-state index in [9.17, 15) is 9.59 Å². The average molecular weight is 353 g/mol. The molecule has 0 aliphatic heterocycles. The monoisotopic (exact) mass is 352 g/mol. The molecule has 3 heteroatoms. The van der Waals surface area contributed by atoms with Gasteiger partial charge in [-0.25, -0.2) is 0 Å². The third-order valence-corrected chi connectivity index (χ3v) is 4.52. The van der Waals surface area contributed by atoms with E-state index in [4.69, 9.17) is 0 Å². The lowest BCUT2D eigenvalue weighted by molar-refractivity contribution is -0.159. The number of hydrogen-bond acceptors (Lipinski definition) is 3. The van der Waals surface area contributed by atoms with E-state index in [-0.39, 0.29) is 6.42 Å². The summed E-state index contributed by atoms with van der Waals surface area (Å²) in [5.74, 6) is -0.900. The van der Waals surface area contributed by atoms with Gasteiger partial charge < -0.3 is 4.74 Å². The minimum Gasteiger partial charge on any atom is -0.393 e. The third-order valence-electron chi connectivity index (χ3n) is 4.52. The summed E-state index contributed by atoms with van der Waals surface area (Å²) >= 11 is 0. The summed E-state index contributed by atoms with van der Waals surface area (Å²) in [6.07, 6.45) is 21.4. The molecule has 146 valence electrons. The summed E-state index contributed by atoms with van der Waals surface area (Å²) in [6.45, 7) is 5.71. The molecule has 0 atom stereocenters. The normalized spacial score (nSPS) is 10.6. The first-order chi connectivity index (χ1) is 12.2. The SMILES string of the molecule is C=CCC(=O)OC(=O)CCCCCCCCCCCCCCCCC. The van der Waals surface area contributed by atoms with Gasteiger partial charge in [-0.05, 0) is 6.42 Å². The maximum atomic E-state index is 11.4. The molecule has 0 N–H and O–H groups in total. The van der Waals surface area contributed by atoms with Crippen LogP contribution in [0.2, 0.25) is 0 Å². The molecule has 0 heterocycles. The van der Waals surface area contributed by atoms with Crippen molar-refractivity contribution >= 4 is 11.9 Å². The number of ether oxygens (including phenoxy) is 1. The van der Waals surface area contributed by atoms with Gasteiger partial charge in [0, 0.05) is 6.42 Å². The molecule has 0 unspecified atom stereocenters. The number of esters is 2. The molecule has 0 aromatic carbocycles. The zero-order valence-electron chi connectivity index (χ0n) is 16.5. The van der Waals surface area contributed by atoms with Crippen LogP contribution in [0, 0.1) is 0 Å². The predicted octanol–water partition coefficient (Wildman–Crippen LogP) is 6.89. The van der Waals surface area contributed by atoms with Gasteiger partial charge in [-0.15, -0.1) is 6.58 Å². The molecular weight excluding hydrogens is 312 g/mol. The molecule has 0 spiro atoms. The molecule has 0 amide bonds. The van der Waals surface area contributed by atoms with E-state index >= 15 is 0 Å². The van der Waals surface area contributed by atoms with Crippen LogP contribution in [-0.4, -0.2) is 11.9 Å². The number of carbonyl (C=O) groups is 2. The maximum absolute atomic E-state index is 11.4. The van der Waals surface area contributed by atoms with Gasteiger partial charge >= 0.3 is 11.9 Å². The molecule has 0 aliphatic rings. The van der Waals surface area contributed by atoms with Gasteiger partial charge in [0.1, 0.15) is 0 Å². The Kier molecular flexibility index (Phi) is 18.3. The van der Waals surface area contributed by atoms with Crippen molar-refractivity contribution in [3.8, 4) is 0 Å². The largest absolute Gasteiger partial charge is 0.393 e. The fourth-order valence-corrected chi connectivity index (χ4v) is 2.98. The van der Waals surface area contributed by atoms with Crippen LogP contribution in [-0.2, 0) is 14.3 Å². The summed E-state index contributed by atoms with van der Waals surface area (Å²) in [5, 5.41) is 0. The van der Waals surface area contributed by atoms with E-state index in [0.717, 1.165) is 12.8 Å². The number of carbonyl (C=O) groups excluding carboxylic acids is 2. The minimum absolute atomic E-state index is 0.102. The first-order valence-corrected chi connectivity index (χ1v) is 10.5. The van der Waals surface area contributed by atoms with Crippen LogP contribution in [0.1, 0.15) is 116 Å². The molecular formula is C22H40O3. The molecule has 25 heavy (non-hydrogen) atoms. The van der Waals surface area contributed by atoms with E-state index < -0.39 is 11.9 Å². The summed E-state index contributed by atoms with van der Waals surface area (Å²) in [6, 6.07) is 0. The highest BCUT2D eigenvalue weighted by molar-refractivity contribution is 5.85. The second-order valence-corrected chi connectivity index (χ2v) is 7.04. The first-order valence-electron chi connectivity index (χ1n) is 10.5. The Hall–Kier alpha value is -1.12. The Labute approximate surface area is 155 Å². The van der Waals surface area contributed by atoms with Crippen molar-refractivity contribution in [1.29, 1.82) is 0 Å². The highest BCUT2D eigenvalue weighted by atomic mass is 16.6. The summed E-state index contributed by atoms with van der Waals surface area (Å²) in [5.41, 5.74) is 0. The summed E-state index contributed by atoms with van der Waals surface area (Å²) in [4.78, 5) is 22.5. The first kappa shape index (κ1) is 23.9. The van der Waals surface area contributed by atoms with Crippen LogP contribution in [0.15, 0.2) is 12.7 Å². The highest BCUT2D eigenvalue weighted by Crippen LogP contribution is 2.13. The van der Waals surface area contributed by atoms with Gasteiger partial charge in [0.05, 0.1) is 6.42 Å². The van der Waals surface area contributed by atoms with Gasteiger partial charge in [-0.2, -0.15) is 0 Å². The van der Waals surface area contributed by atoms with E-state index in [0.29, 0.717) is 6.42 Å². The Bertz CT molecular complexity index is 336. The lowest BCUT2D eigenvalue weighted by Gasteiger charge is -2.04. The molecule has 0 saturated carbocycles. The van der Waals surface area contributed by atoms with E-state index in [2.05, 4.69) is 18.2 Å². The van der Waals surface area contributed by atoms with E-state index in [1.165, 1.54) is 89.5 Å². The van der Waals surface area contributed by atoms with Crippen molar-refractivity contribution in [2.75, 3.05) is 0 Å². The van der Waals surface area contributed by atoms with Crippen LogP contribution >= 0.6 is 0 Å². The van der Waals surface area contributed by atoms with Crippen molar-refractivity contribution in [2.45, 2.75) is 116 Å². The number of unbranched alkanes of at least 4 members (excludes halogenated alkanes) is 14. The third kappa shape index (κ3) is 19.1. The van der Waals surface area contributed by atoms with Gasteiger partial charge in [-0.1, -0.05) is 103 Å². The molecule has 0 aromatic heterocycles. The molecule has 0 saturated heterocycles. The van der Waals surface area contributed by atoms with Crippen molar-refractivity contribution in [2.24, 2.45) is 0 Å². The standard InChI is InChI=1S/C22H40O3/c1-3-5-6-7-8-9-10-11-12-13-14-15-16-17-18-20-22(24)25-21(23)19-4-2/h4H,2-3,5-20H2,1H3. The van der Waals surface area contributed by atoms with Crippen molar-refractivity contribution in [3.05, 3.63) is 12.7 Å². The second kappa shape index (κ2) is 19.2. The number of rotatable bonds is 18. The highest BCUT2D eigenvalue weighted by Gasteiger charge is 2.08. The summed E-state index contributed by atoms with van der Waals surface area (Å²) < 4.78 is 4.66. The molecule has 0 aromatic rings. The van der Waals surface area contributed by atoms with Crippen molar-refractivity contribution in [1.82, 2.24) is 0 Å². The fourth-order valence-electron chi connectivity index (χ4n) is 2.98. The van der Waals surface area contributed by atoms with Gasteiger partial charge in [-0.3, -0.25) is 9.59 Å². The van der Waals surface area contributed by atoms with Crippen LogP contribution in [0.25, 0.3) is 0 Å². The molecule has 0 aliphatic carbocycles. The second-order valence-electron chi connectivity index (χ2n) is 7.04. The number of hydrogen-bond donors (Lipinski definition) is 0. The van der Waals surface area contributed by atoms with E-state index in [1.54, 1.807) is 0 Å². The lowest BCUT2D eigenvalue weighted by atomic mass is 10.0. The maximum Gasteiger partial charge on any atom is 0.317 e. The molecule has 0 bridgehead atoms. The molecule has 3 nitrogen and oxygen atoms in total. The predicted molar refractivity (Wildman–Crippen MR) is 105 cm³/mol. The zero-order chi connectivity index (χ0) is 18.6. The quantitative estimate of drug-likeness (QED) is 0.117. The Balaban J connectivity index is 3.17. The molecule has 0 fully saturated rings. The van der Waals surface area contributed by atoms with Crippen LogP contribution < -0.4 is 0 Å². The van der Waals surface area contributed by atoms with Crippen LogP contribution in [0.5, 0.6) is 0 Å². The van der Waals surface area contributed by atoms with Crippen LogP contribution in [0.4, 0.5) is 0 Å².